The molecule has 0 spiro atoms. The largest absolute Gasteiger partial charge is 0.468 e. The number of carbonyl (C=O) groups is 1. The first-order valence-corrected chi connectivity index (χ1v) is 9.32. The first-order valence-electron chi connectivity index (χ1n) is 9.32. The highest BCUT2D eigenvalue weighted by atomic mass is 16.5. The van der Waals surface area contributed by atoms with E-state index in [1.807, 2.05) is 0 Å². The normalized spacial score (nSPS) is 15.1. The third-order valence-electron chi connectivity index (χ3n) is 4.73. The Hall–Kier alpha value is -0.505. The second-order valence-electron chi connectivity index (χ2n) is 7.12. The molecular weight excluding hydrogens is 273 g/mol. The summed E-state index contributed by atoms with van der Waals surface area (Å²) in [5, 5.41) is 0.174. The molecule has 0 aliphatic rings. The molecule has 0 aromatic rings. The van der Waals surface area contributed by atoms with Gasteiger partial charge in [-0.2, -0.15) is 0 Å². The van der Waals surface area contributed by atoms with E-state index < -0.39 is 5.94 Å². The predicted octanol–water partition coefficient (Wildman–Crippen LogP) is 4.39. The summed E-state index contributed by atoms with van der Waals surface area (Å²) in [6.07, 6.45) is 13.9. The van der Waals surface area contributed by atoms with Crippen molar-refractivity contribution in [1.82, 2.24) is 0 Å². The van der Waals surface area contributed by atoms with Gasteiger partial charge >= 0.3 is 5.97 Å². The van der Waals surface area contributed by atoms with Gasteiger partial charge in [-0.05, 0) is 0 Å². The van der Waals surface area contributed by atoms with Gasteiger partial charge in [0.05, 0.1) is 13.1 Å². The Morgan fingerprint density at radius 1 is 1.00 bits per heavy atom. The number of ether oxygens (including phenoxy) is 1. The predicted molar refractivity (Wildman–Crippen MR) is 97.6 cm³/mol. The molecule has 0 saturated carbocycles. The molecule has 22 heavy (non-hydrogen) atoms. The number of nitrogens with two attached hydrogens (primary N) is 1. The van der Waals surface area contributed by atoms with Crippen molar-refractivity contribution in [2.45, 2.75) is 103 Å². The molecule has 0 saturated heterocycles. The molecule has 0 amide bonds. The zero-order valence-corrected chi connectivity index (χ0v) is 15.5. The number of carbonyl (C=O) groups excluding carboxylic acids is 1. The van der Waals surface area contributed by atoms with E-state index in [1.54, 1.807) is 0 Å². The fourth-order valence-corrected chi connectivity index (χ4v) is 3.23. The molecule has 0 heterocycles. The van der Waals surface area contributed by atoms with Gasteiger partial charge in [-0.3, -0.25) is 4.79 Å². The highest BCUT2D eigenvalue weighted by molar-refractivity contribution is 6.47. The van der Waals surface area contributed by atoms with Crippen molar-refractivity contribution in [3.63, 3.8) is 0 Å². The molecule has 3 nitrogen and oxygen atoms in total. The van der Waals surface area contributed by atoms with Gasteiger partial charge in [-0.1, -0.05) is 96.7 Å². The molecule has 4 heteroatoms. The lowest BCUT2D eigenvalue weighted by atomic mass is 9.46. The average Bonchev–Trinajstić information content (AvgIpc) is 2.50. The molecular formula is C18H38BNO2. The van der Waals surface area contributed by atoms with Crippen molar-refractivity contribution >= 4 is 13.2 Å². The molecule has 2 unspecified atom stereocenters. The Morgan fingerprint density at radius 3 is 1.91 bits per heavy atom. The molecule has 0 aromatic heterocycles. The zero-order valence-electron chi connectivity index (χ0n) is 15.5. The van der Waals surface area contributed by atoms with E-state index in [2.05, 4.69) is 20.8 Å². The molecule has 0 fully saturated rings. The van der Waals surface area contributed by atoms with Crippen LogP contribution >= 0.6 is 0 Å². The second-order valence-corrected chi connectivity index (χ2v) is 7.12. The van der Waals surface area contributed by atoms with Crippen LogP contribution in [0.4, 0.5) is 0 Å². The molecule has 0 rings (SSSR count). The first kappa shape index (κ1) is 21.5. The summed E-state index contributed by atoms with van der Waals surface area (Å²) in [5.41, 5.74) is 6.02. The summed E-state index contributed by atoms with van der Waals surface area (Å²) in [4.78, 5) is 11.6. The first-order chi connectivity index (χ1) is 10.5. The van der Waals surface area contributed by atoms with Gasteiger partial charge in [0.1, 0.15) is 0 Å². The van der Waals surface area contributed by atoms with Crippen LogP contribution in [0.2, 0.25) is 5.31 Å². The Labute approximate surface area is 139 Å². The van der Waals surface area contributed by atoms with Crippen molar-refractivity contribution in [1.29, 1.82) is 0 Å². The third-order valence-corrected chi connectivity index (χ3v) is 4.73. The van der Waals surface area contributed by atoms with E-state index >= 15 is 0 Å². The molecule has 0 aromatic carbocycles. The number of esters is 1. The fourth-order valence-electron chi connectivity index (χ4n) is 3.23. The van der Waals surface area contributed by atoms with Gasteiger partial charge in [-0.25, -0.2) is 0 Å². The van der Waals surface area contributed by atoms with Crippen LogP contribution < -0.4 is 5.73 Å². The standard InChI is InChI=1S/C18H38BNO2/c1-5-7-9-11-13-15-18(3,14-12-10-8-6-2)19-16(20)17(21)22-4/h16,19H,5-15,20H2,1-4H3. The fraction of sp³-hybridized carbons (Fsp3) is 0.944. The quantitative estimate of drug-likeness (QED) is 0.294. The van der Waals surface area contributed by atoms with Crippen molar-refractivity contribution in [3.8, 4) is 0 Å². The van der Waals surface area contributed by atoms with E-state index in [-0.39, 0.29) is 11.3 Å². The van der Waals surface area contributed by atoms with E-state index in [0.29, 0.717) is 0 Å². The minimum Gasteiger partial charge on any atom is -0.468 e. The van der Waals surface area contributed by atoms with Crippen LogP contribution in [0.1, 0.15) is 91.4 Å². The SMILES string of the molecule is CCCCCCCC(C)(BC(N)C(=O)OC)CCCCCC. The van der Waals surface area contributed by atoms with Crippen molar-refractivity contribution in [2.75, 3.05) is 7.11 Å². The Morgan fingerprint density at radius 2 is 1.45 bits per heavy atom. The molecule has 0 aliphatic carbocycles. The van der Waals surface area contributed by atoms with Crippen LogP contribution in [0.15, 0.2) is 0 Å². The van der Waals surface area contributed by atoms with Crippen LogP contribution in [-0.4, -0.2) is 26.3 Å². The maximum Gasteiger partial charge on any atom is 0.314 e. The number of hydrogen-bond donors (Lipinski definition) is 1. The highest BCUT2D eigenvalue weighted by Crippen LogP contribution is 2.38. The van der Waals surface area contributed by atoms with Gasteiger partial charge < -0.3 is 10.5 Å². The smallest absolute Gasteiger partial charge is 0.314 e. The Kier molecular flexibility index (Phi) is 12.7. The Balaban J connectivity index is 4.36. The summed E-state index contributed by atoms with van der Waals surface area (Å²) >= 11 is 0. The van der Waals surface area contributed by atoms with E-state index in [1.165, 1.54) is 77.7 Å². The van der Waals surface area contributed by atoms with Gasteiger partial charge in [-0.15, -0.1) is 0 Å². The minimum atomic E-state index is -0.475. The minimum absolute atomic E-state index is 0.174. The third kappa shape index (κ3) is 10.3. The van der Waals surface area contributed by atoms with Crippen molar-refractivity contribution < 1.29 is 9.53 Å². The van der Waals surface area contributed by atoms with Gasteiger partial charge in [0.2, 0.25) is 0 Å². The monoisotopic (exact) mass is 311 g/mol. The summed E-state index contributed by atoms with van der Waals surface area (Å²) in [5.74, 6) is -0.748. The van der Waals surface area contributed by atoms with Crippen LogP contribution in [0.25, 0.3) is 0 Å². The zero-order chi connectivity index (χ0) is 16.8. The van der Waals surface area contributed by atoms with Crippen LogP contribution in [-0.2, 0) is 9.53 Å². The molecule has 0 bridgehead atoms. The van der Waals surface area contributed by atoms with Gasteiger partial charge in [0.25, 0.3) is 0 Å². The average molecular weight is 311 g/mol. The van der Waals surface area contributed by atoms with Crippen LogP contribution in [0.5, 0.6) is 0 Å². The maximum atomic E-state index is 11.6. The van der Waals surface area contributed by atoms with E-state index in [4.69, 9.17) is 10.5 Å². The molecule has 130 valence electrons. The molecule has 2 atom stereocenters. The maximum absolute atomic E-state index is 11.6. The molecule has 2 N–H and O–H groups in total. The lowest BCUT2D eigenvalue weighted by Gasteiger charge is -2.31. The molecule has 0 aliphatic heterocycles. The second kappa shape index (κ2) is 13.0. The number of methoxy groups -OCH3 is 1. The number of hydrogen-bond acceptors (Lipinski definition) is 3. The summed E-state index contributed by atoms with van der Waals surface area (Å²) in [6, 6.07) is 0. The van der Waals surface area contributed by atoms with E-state index in [9.17, 15) is 4.79 Å². The van der Waals surface area contributed by atoms with Crippen LogP contribution in [0.3, 0.4) is 0 Å². The van der Waals surface area contributed by atoms with E-state index in [0.717, 1.165) is 7.28 Å². The highest BCUT2D eigenvalue weighted by Gasteiger charge is 2.31. The van der Waals surface area contributed by atoms with Crippen molar-refractivity contribution in [2.24, 2.45) is 5.73 Å². The lowest BCUT2D eigenvalue weighted by molar-refractivity contribution is -0.140. The van der Waals surface area contributed by atoms with Gasteiger partial charge in [0, 0.05) is 0 Å². The number of rotatable bonds is 14. The van der Waals surface area contributed by atoms with Gasteiger partial charge in [0.15, 0.2) is 7.28 Å². The summed E-state index contributed by atoms with van der Waals surface area (Å²) < 4.78 is 4.79. The summed E-state index contributed by atoms with van der Waals surface area (Å²) in [7, 11) is 2.17. The summed E-state index contributed by atoms with van der Waals surface area (Å²) in [6.45, 7) is 6.79. The topological polar surface area (TPSA) is 52.3 Å². The number of unbranched alkanes of at least 4 members (excludes halogenated alkanes) is 7. The molecule has 0 radical (unpaired) electrons. The lowest BCUT2D eigenvalue weighted by Crippen LogP contribution is -2.42. The van der Waals surface area contributed by atoms with Crippen molar-refractivity contribution in [3.05, 3.63) is 0 Å². The Bertz CT molecular complexity index is 286. The van der Waals surface area contributed by atoms with Crippen LogP contribution in [0, 0.1) is 0 Å².